The van der Waals surface area contributed by atoms with Crippen LogP contribution in [0.2, 0.25) is 0 Å². The van der Waals surface area contributed by atoms with Crippen molar-refractivity contribution in [1.29, 1.82) is 0 Å². The van der Waals surface area contributed by atoms with Gasteiger partial charge in [-0.25, -0.2) is 9.37 Å². The summed E-state index contributed by atoms with van der Waals surface area (Å²) in [6, 6.07) is 6.39. The Balaban J connectivity index is 2.43. The minimum absolute atomic E-state index is 0.134. The van der Waals surface area contributed by atoms with Gasteiger partial charge in [0.05, 0.1) is 11.9 Å². The highest BCUT2D eigenvalue weighted by molar-refractivity contribution is 7.80. The van der Waals surface area contributed by atoms with Crippen molar-refractivity contribution in [1.82, 2.24) is 14.5 Å². The first-order valence-electron chi connectivity index (χ1n) is 9.84. The van der Waals surface area contributed by atoms with Crippen molar-refractivity contribution in [2.24, 2.45) is 7.05 Å². The third-order valence-corrected chi connectivity index (χ3v) is 5.65. The summed E-state index contributed by atoms with van der Waals surface area (Å²) in [4.78, 5) is 9.48. The van der Waals surface area contributed by atoms with Gasteiger partial charge >= 0.3 is 0 Å². The van der Waals surface area contributed by atoms with Gasteiger partial charge in [-0.3, -0.25) is 4.98 Å². The van der Waals surface area contributed by atoms with Gasteiger partial charge in [0.2, 0.25) is 0 Å². The van der Waals surface area contributed by atoms with E-state index in [-0.39, 0.29) is 29.5 Å². The molecule has 4 nitrogen and oxygen atoms in total. The van der Waals surface area contributed by atoms with E-state index in [9.17, 15) is 9.50 Å². The number of halogens is 1. The standard InChI is InChI=1S/C23H28FN3OS/c1-13(2)20-17(12-28)18(15-6-8-16(24)9-7-15)19(21(26-20)14(3)4)22(29)23-25-10-11-27(23)5/h6-11,13-14,22,28-29H,12H2,1-5H3. The van der Waals surface area contributed by atoms with Crippen LogP contribution >= 0.6 is 12.6 Å². The second kappa shape index (κ2) is 8.67. The van der Waals surface area contributed by atoms with Crippen molar-refractivity contribution in [3.05, 3.63) is 70.8 Å². The van der Waals surface area contributed by atoms with Crippen LogP contribution in [0.15, 0.2) is 36.7 Å². The van der Waals surface area contributed by atoms with Crippen molar-refractivity contribution in [3.63, 3.8) is 0 Å². The lowest BCUT2D eigenvalue weighted by Gasteiger charge is -2.26. The van der Waals surface area contributed by atoms with Crippen molar-refractivity contribution in [2.75, 3.05) is 0 Å². The van der Waals surface area contributed by atoms with Crippen molar-refractivity contribution >= 4 is 12.6 Å². The van der Waals surface area contributed by atoms with Gasteiger partial charge in [-0.15, -0.1) is 0 Å². The van der Waals surface area contributed by atoms with Crippen LogP contribution < -0.4 is 0 Å². The van der Waals surface area contributed by atoms with E-state index in [2.05, 4.69) is 32.7 Å². The minimum atomic E-state index is -0.341. The summed E-state index contributed by atoms with van der Waals surface area (Å²) in [5.74, 6) is 0.773. The quantitative estimate of drug-likeness (QED) is 0.534. The molecule has 0 radical (unpaired) electrons. The summed E-state index contributed by atoms with van der Waals surface area (Å²) in [6.07, 6.45) is 3.63. The van der Waals surface area contributed by atoms with E-state index in [0.29, 0.717) is 0 Å². The number of hydrogen-bond acceptors (Lipinski definition) is 4. The topological polar surface area (TPSA) is 50.9 Å². The summed E-state index contributed by atoms with van der Waals surface area (Å²) >= 11 is 4.94. The molecule has 2 heterocycles. The molecule has 2 aromatic heterocycles. The van der Waals surface area contributed by atoms with Gasteiger partial charge in [0.15, 0.2) is 0 Å². The number of aryl methyl sites for hydroxylation is 1. The van der Waals surface area contributed by atoms with Crippen molar-refractivity contribution in [3.8, 4) is 11.1 Å². The fraction of sp³-hybridized carbons (Fsp3) is 0.391. The Labute approximate surface area is 177 Å². The number of rotatable bonds is 6. The van der Waals surface area contributed by atoms with E-state index < -0.39 is 0 Å². The van der Waals surface area contributed by atoms with Gasteiger partial charge in [0.25, 0.3) is 0 Å². The Hall–Kier alpha value is -2.18. The molecule has 3 rings (SSSR count). The molecule has 0 saturated heterocycles. The number of imidazole rings is 1. The van der Waals surface area contributed by atoms with Crippen LogP contribution in [-0.4, -0.2) is 19.6 Å². The first kappa shape index (κ1) is 21.5. The molecular formula is C23H28FN3OS. The van der Waals surface area contributed by atoms with Gasteiger partial charge < -0.3 is 9.67 Å². The maximum Gasteiger partial charge on any atom is 0.125 e. The van der Waals surface area contributed by atoms with Crippen LogP contribution in [0, 0.1) is 5.82 Å². The lowest BCUT2D eigenvalue weighted by molar-refractivity contribution is 0.279. The molecule has 0 bridgehead atoms. The van der Waals surface area contributed by atoms with Gasteiger partial charge in [0.1, 0.15) is 11.6 Å². The van der Waals surface area contributed by atoms with Crippen LogP contribution in [0.1, 0.15) is 73.1 Å². The van der Waals surface area contributed by atoms with E-state index in [4.69, 9.17) is 17.6 Å². The second-order valence-electron chi connectivity index (χ2n) is 7.92. The maximum atomic E-state index is 13.6. The highest BCUT2D eigenvalue weighted by atomic mass is 32.1. The molecule has 3 aromatic rings. The number of aliphatic hydroxyl groups is 1. The molecule has 0 spiro atoms. The van der Waals surface area contributed by atoms with Gasteiger partial charge in [-0.2, -0.15) is 12.6 Å². The molecule has 0 aliphatic heterocycles. The lowest BCUT2D eigenvalue weighted by Crippen LogP contribution is -2.15. The Kier molecular flexibility index (Phi) is 6.44. The van der Waals surface area contributed by atoms with E-state index in [1.807, 2.05) is 17.8 Å². The number of pyridine rings is 1. The second-order valence-corrected chi connectivity index (χ2v) is 8.44. The molecule has 6 heteroatoms. The van der Waals surface area contributed by atoms with E-state index in [1.54, 1.807) is 18.3 Å². The molecule has 1 unspecified atom stereocenters. The van der Waals surface area contributed by atoms with E-state index in [0.717, 1.165) is 39.5 Å². The molecule has 0 saturated carbocycles. The lowest BCUT2D eigenvalue weighted by atomic mass is 9.85. The number of thiol groups is 1. The van der Waals surface area contributed by atoms with E-state index in [1.165, 1.54) is 12.1 Å². The normalized spacial score (nSPS) is 12.8. The highest BCUT2D eigenvalue weighted by Crippen LogP contribution is 2.43. The average molecular weight is 414 g/mol. The fourth-order valence-corrected chi connectivity index (χ4v) is 4.26. The van der Waals surface area contributed by atoms with Crippen LogP contribution in [0.25, 0.3) is 11.1 Å². The predicted octanol–water partition coefficient (Wildman–Crippen LogP) is 5.38. The van der Waals surface area contributed by atoms with Gasteiger partial charge in [-0.05, 0) is 35.1 Å². The molecule has 1 aromatic carbocycles. The number of nitrogens with zero attached hydrogens (tertiary/aromatic N) is 3. The maximum absolute atomic E-state index is 13.6. The van der Waals surface area contributed by atoms with Gasteiger partial charge in [0, 0.05) is 42.0 Å². The van der Waals surface area contributed by atoms with Crippen LogP contribution in [-0.2, 0) is 13.7 Å². The third-order valence-electron chi connectivity index (χ3n) is 5.16. The Morgan fingerprint density at radius 2 is 1.69 bits per heavy atom. The monoisotopic (exact) mass is 413 g/mol. The number of aromatic nitrogens is 3. The molecule has 154 valence electrons. The molecule has 0 aliphatic rings. The molecule has 29 heavy (non-hydrogen) atoms. The molecule has 0 aliphatic carbocycles. The van der Waals surface area contributed by atoms with Crippen molar-refractivity contribution < 1.29 is 9.50 Å². The highest BCUT2D eigenvalue weighted by Gasteiger charge is 2.29. The summed E-state index contributed by atoms with van der Waals surface area (Å²) in [5, 5.41) is 9.98. The summed E-state index contributed by atoms with van der Waals surface area (Å²) in [5.41, 5.74) is 5.17. The number of aliphatic hydroxyl groups excluding tert-OH is 1. The zero-order valence-corrected chi connectivity index (χ0v) is 18.4. The Morgan fingerprint density at radius 3 is 2.17 bits per heavy atom. The summed E-state index contributed by atoms with van der Waals surface area (Å²) in [6.45, 7) is 8.18. The van der Waals surface area contributed by atoms with Crippen LogP contribution in [0.3, 0.4) is 0 Å². The molecular weight excluding hydrogens is 385 g/mol. The summed E-state index contributed by atoms with van der Waals surface area (Å²) in [7, 11) is 1.93. The fourth-order valence-electron chi connectivity index (χ4n) is 3.75. The third kappa shape index (κ3) is 4.09. The smallest absolute Gasteiger partial charge is 0.125 e. The predicted molar refractivity (Wildman–Crippen MR) is 118 cm³/mol. The zero-order chi connectivity index (χ0) is 21.3. The molecule has 1 N–H and O–H groups in total. The Bertz CT molecular complexity index is 996. The van der Waals surface area contributed by atoms with Crippen molar-refractivity contribution in [2.45, 2.75) is 51.4 Å². The van der Waals surface area contributed by atoms with Gasteiger partial charge in [-0.1, -0.05) is 39.8 Å². The molecule has 0 fully saturated rings. The van der Waals surface area contributed by atoms with Crippen LogP contribution in [0.4, 0.5) is 4.39 Å². The Morgan fingerprint density at radius 1 is 1.07 bits per heavy atom. The number of hydrogen-bond donors (Lipinski definition) is 2. The first-order chi connectivity index (χ1) is 13.8. The average Bonchev–Trinajstić information content (AvgIpc) is 3.12. The molecule has 1 atom stereocenters. The minimum Gasteiger partial charge on any atom is -0.392 e. The van der Waals surface area contributed by atoms with Crippen LogP contribution in [0.5, 0.6) is 0 Å². The number of benzene rings is 1. The summed E-state index contributed by atoms with van der Waals surface area (Å²) < 4.78 is 15.6. The first-order valence-corrected chi connectivity index (χ1v) is 10.4. The zero-order valence-electron chi connectivity index (χ0n) is 17.5. The molecule has 0 amide bonds. The largest absolute Gasteiger partial charge is 0.392 e. The SMILES string of the molecule is CC(C)c1nc(C(C)C)c(C(S)c2nccn2C)c(-c2ccc(F)cc2)c1CO. The van der Waals surface area contributed by atoms with E-state index >= 15 is 0 Å².